The fourth-order valence-electron chi connectivity index (χ4n) is 1.06. The van der Waals surface area contributed by atoms with Crippen LogP contribution in [0.25, 0.3) is 0 Å². The molecule has 0 aromatic heterocycles. The maximum absolute atomic E-state index is 11.2. The smallest absolute Gasteiger partial charge is 0.407 e. The van der Waals surface area contributed by atoms with Gasteiger partial charge in [-0.25, -0.2) is 4.79 Å². The standard InChI is InChI=1S/C11H16N2O3/c12-6-10(14)7-13-11(15)16-8-9-4-2-1-3-5-9/h1-5,10,14H,6-8,12H2,(H,13,15)/t10-/m0/s1. The number of nitrogens with one attached hydrogen (secondary N) is 1. The molecule has 1 amide bonds. The molecule has 0 unspecified atom stereocenters. The maximum atomic E-state index is 11.2. The SMILES string of the molecule is NC[C@H](O)CNC(=O)OCc1ccccc1. The predicted molar refractivity (Wildman–Crippen MR) is 59.7 cm³/mol. The van der Waals surface area contributed by atoms with Gasteiger partial charge in [-0.3, -0.25) is 0 Å². The first-order chi connectivity index (χ1) is 7.72. The minimum Gasteiger partial charge on any atom is -0.445 e. The zero-order valence-electron chi connectivity index (χ0n) is 8.93. The molecule has 88 valence electrons. The molecule has 0 heterocycles. The lowest BCUT2D eigenvalue weighted by Crippen LogP contribution is -2.36. The first-order valence-electron chi connectivity index (χ1n) is 5.05. The van der Waals surface area contributed by atoms with Gasteiger partial charge in [-0.05, 0) is 5.56 Å². The van der Waals surface area contributed by atoms with Gasteiger partial charge in [0.2, 0.25) is 0 Å². The number of hydrogen-bond donors (Lipinski definition) is 3. The van der Waals surface area contributed by atoms with Crippen LogP contribution in [0.3, 0.4) is 0 Å². The van der Waals surface area contributed by atoms with E-state index < -0.39 is 12.2 Å². The summed E-state index contributed by atoms with van der Waals surface area (Å²) in [5.41, 5.74) is 6.10. The molecule has 1 aromatic rings. The Bertz CT molecular complexity index is 316. The highest BCUT2D eigenvalue weighted by atomic mass is 16.5. The van der Waals surface area contributed by atoms with Crippen LogP contribution in [0.4, 0.5) is 4.79 Å². The number of nitrogens with two attached hydrogens (primary N) is 1. The highest BCUT2D eigenvalue weighted by Crippen LogP contribution is 2.00. The third-order valence-electron chi connectivity index (χ3n) is 1.97. The van der Waals surface area contributed by atoms with Crippen molar-refractivity contribution in [2.45, 2.75) is 12.7 Å². The molecule has 0 fully saturated rings. The Hall–Kier alpha value is -1.59. The number of aliphatic hydroxyl groups is 1. The number of aliphatic hydroxyl groups excluding tert-OH is 1. The molecular formula is C11H16N2O3. The monoisotopic (exact) mass is 224 g/mol. The molecule has 5 heteroatoms. The summed E-state index contributed by atoms with van der Waals surface area (Å²) >= 11 is 0. The van der Waals surface area contributed by atoms with Crippen LogP contribution in [0.1, 0.15) is 5.56 Å². The third kappa shape index (κ3) is 4.77. The number of carbonyl (C=O) groups excluding carboxylic acids is 1. The molecule has 4 N–H and O–H groups in total. The van der Waals surface area contributed by atoms with E-state index in [0.717, 1.165) is 5.56 Å². The lowest BCUT2D eigenvalue weighted by molar-refractivity contribution is 0.127. The molecule has 0 saturated carbocycles. The van der Waals surface area contributed by atoms with Crippen molar-refractivity contribution in [1.29, 1.82) is 0 Å². The fourth-order valence-corrected chi connectivity index (χ4v) is 1.06. The molecule has 16 heavy (non-hydrogen) atoms. The number of hydrogen-bond acceptors (Lipinski definition) is 4. The quantitative estimate of drug-likeness (QED) is 0.668. The van der Waals surface area contributed by atoms with Gasteiger partial charge in [0.25, 0.3) is 0 Å². The number of carbonyl (C=O) groups is 1. The van der Waals surface area contributed by atoms with Crippen LogP contribution in [0.2, 0.25) is 0 Å². The van der Waals surface area contributed by atoms with Crippen LogP contribution in [-0.4, -0.2) is 30.4 Å². The van der Waals surface area contributed by atoms with Crippen molar-refractivity contribution in [1.82, 2.24) is 5.32 Å². The van der Waals surface area contributed by atoms with E-state index >= 15 is 0 Å². The minimum absolute atomic E-state index is 0.101. The van der Waals surface area contributed by atoms with E-state index in [-0.39, 0.29) is 19.7 Å². The van der Waals surface area contributed by atoms with Crippen molar-refractivity contribution >= 4 is 6.09 Å². The second-order valence-electron chi connectivity index (χ2n) is 3.33. The molecule has 0 saturated heterocycles. The second-order valence-corrected chi connectivity index (χ2v) is 3.33. The van der Waals surface area contributed by atoms with Crippen LogP contribution in [0.5, 0.6) is 0 Å². The van der Waals surface area contributed by atoms with Gasteiger partial charge >= 0.3 is 6.09 Å². The van der Waals surface area contributed by atoms with Crippen molar-refractivity contribution < 1.29 is 14.6 Å². The molecule has 0 radical (unpaired) electrons. The highest BCUT2D eigenvalue weighted by Gasteiger charge is 2.05. The summed E-state index contributed by atoms with van der Waals surface area (Å²) in [6.07, 6.45) is -1.29. The molecule has 5 nitrogen and oxygen atoms in total. The van der Waals surface area contributed by atoms with Crippen LogP contribution in [-0.2, 0) is 11.3 Å². The van der Waals surface area contributed by atoms with Crippen molar-refractivity contribution in [2.24, 2.45) is 5.73 Å². The van der Waals surface area contributed by atoms with Crippen LogP contribution in [0, 0.1) is 0 Å². The van der Waals surface area contributed by atoms with Crippen molar-refractivity contribution in [2.75, 3.05) is 13.1 Å². The summed E-state index contributed by atoms with van der Waals surface area (Å²) in [4.78, 5) is 11.2. The van der Waals surface area contributed by atoms with Gasteiger partial charge in [0, 0.05) is 13.1 Å². The summed E-state index contributed by atoms with van der Waals surface area (Å²) in [5.74, 6) is 0. The minimum atomic E-state index is -0.732. The van der Waals surface area contributed by atoms with Gasteiger partial charge in [0.15, 0.2) is 0 Å². The number of amides is 1. The van der Waals surface area contributed by atoms with E-state index in [1.54, 1.807) is 0 Å². The molecule has 0 spiro atoms. The average molecular weight is 224 g/mol. The molecule has 1 rings (SSSR count). The Morgan fingerprint density at radius 1 is 1.44 bits per heavy atom. The molecular weight excluding hydrogens is 208 g/mol. The van der Waals surface area contributed by atoms with Crippen LogP contribution >= 0.6 is 0 Å². The molecule has 0 aliphatic heterocycles. The van der Waals surface area contributed by atoms with Crippen molar-refractivity contribution in [3.8, 4) is 0 Å². The summed E-state index contributed by atoms with van der Waals surface area (Å²) in [7, 11) is 0. The Balaban J connectivity index is 2.20. The topological polar surface area (TPSA) is 84.6 Å². The van der Waals surface area contributed by atoms with Gasteiger partial charge in [0.05, 0.1) is 6.10 Å². The van der Waals surface area contributed by atoms with E-state index in [9.17, 15) is 4.79 Å². The third-order valence-corrected chi connectivity index (χ3v) is 1.97. The van der Waals surface area contributed by atoms with Gasteiger partial charge in [-0.1, -0.05) is 30.3 Å². The first kappa shape index (κ1) is 12.5. The fraction of sp³-hybridized carbons (Fsp3) is 0.364. The van der Waals surface area contributed by atoms with E-state index in [1.165, 1.54) is 0 Å². The van der Waals surface area contributed by atoms with E-state index in [2.05, 4.69) is 5.32 Å². The van der Waals surface area contributed by atoms with Crippen molar-refractivity contribution in [3.05, 3.63) is 35.9 Å². The van der Waals surface area contributed by atoms with Gasteiger partial charge in [0.1, 0.15) is 6.61 Å². The number of alkyl carbamates (subject to hydrolysis) is 1. The molecule has 1 aromatic carbocycles. The lowest BCUT2D eigenvalue weighted by Gasteiger charge is -2.09. The van der Waals surface area contributed by atoms with E-state index in [1.807, 2.05) is 30.3 Å². The molecule has 1 atom stereocenters. The summed E-state index contributed by atoms with van der Waals surface area (Å²) in [5, 5.41) is 11.5. The Morgan fingerprint density at radius 3 is 2.75 bits per heavy atom. The highest BCUT2D eigenvalue weighted by molar-refractivity contribution is 5.67. The molecule has 0 aliphatic rings. The van der Waals surface area contributed by atoms with Crippen LogP contribution < -0.4 is 11.1 Å². The lowest BCUT2D eigenvalue weighted by atomic mass is 10.2. The zero-order chi connectivity index (χ0) is 11.8. The number of rotatable bonds is 5. The number of benzene rings is 1. The Kier molecular flexibility index (Phi) is 5.31. The average Bonchev–Trinajstić information content (AvgIpc) is 2.34. The number of ether oxygens (including phenoxy) is 1. The predicted octanol–water partition coefficient (Wildman–Crippen LogP) is 0.232. The van der Waals surface area contributed by atoms with Gasteiger partial charge in [-0.15, -0.1) is 0 Å². The largest absolute Gasteiger partial charge is 0.445 e. The summed E-state index contributed by atoms with van der Waals surface area (Å²) in [6, 6.07) is 9.36. The van der Waals surface area contributed by atoms with Gasteiger partial charge < -0.3 is 20.9 Å². The second kappa shape index (κ2) is 6.81. The summed E-state index contributed by atoms with van der Waals surface area (Å²) in [6.45, 7) is 0.425. The van der Waals surface area contributed by atoms with E-state index in [4.69, 9.17) is 15.6 Å². The van der Waals surface area contributed by atoms with Gasteiger partial charge in [-0.2, -0.15) is 0 Å². The van der Waals surface area contributed by atoms with Crippen LogP contribution in [0.15, 0.2) is 30.3 Å². The Morgan fingerprint density at radius 2 is 2.12 bits per heavy atom. The maximum Gasteiger partial charge on any atom is 0.407 e. The Labute approximate surface area is 94.2 Å². The summed E-state index contributed by atoms with van der Waals surface area (Å²) < 4.78 is 4.92. The first-order valence-corrected chi connectivity index (χ1v) is 5.05. The zero-order valence-corrected chi connectivity index (χ0v) is 8.93. The normalized spacial score (nSPS) is 11.9. The van der Waals surface area contributed by atoms with E-state index in [0.29, 0.717) is 0 Å². The molecule has 0 aliphatic carbocycles. The van der Waals surface area contributed by atoms with Crippen molar-refractivity contribution in [3.63, 3.8) is 0 Å². The molecule has 0 bridgehead atoms.